The summed E-state index contributed by atoms with van der Waals surface area (Å²) in [6.45, 7) is 2.77. The van der Waals surface area contributed by atoms with Crippen LogP contribution in [0.3, 0.4) is 0 Å². The second kappa shape index (κ2) is 5.30. The van der Waals surface area contributed by atoms with E-state index in [1.807, 2.05) is 12.1 Å². The molecule has 88 valence electrons. The second-order valence-corrected chi connectivity index (χ2v) is 4.51. The van der Waals surface area contributed by atoms with Crippen LogP contribution in [0.5, 0.6) is 0 Å². The molecule has 1 saturated carbocycles. The number of hydrogen-bond donors (Lipinski definition) is 1. The summed E-state index contributed by atoms with van der Waals surface area (Å²) < 4.78 is 12.8. The summed E-state index contributed by atoms with van der Waals surface area (Å²) in [6.07, 6.45) is 3.66. The van der Waals surface area contributed by atoms with E-state index < -0.39 is 0 Å². The lowest BCUT2D eigenvalue weighted by Crippen LogP contribution is -2.28. The van der Waals surface area contributed by atoms with Crippen LogP contribution in [0.1, 0.15) is 19.3 Å². The largest absolute Gasteiger partial charge is 0.371 e. The van der Waals surface area contributed by atoms with Gasteiger partial charge in [-0.2, -0.15) is 0 Å². The molecule has 0 unspecified atom stereocenters. The molecule has 16 heavy (non-hydrogen) atoms. The van der Waals surface area contributed by atoms with Gasteiger partial charge in [0, 0.05) is 18.8 Å². The molecule has 1 aliphatic carbocycles. The Balaban J connectivity index is 2.00. The summed E-state index contributed by atoms with van der Waals surface area (Å²) in [5, 5.41) is 0. The molecule has 0 heterocycles. The fourth-order valence-corrected chi connectivity index (χ4v) is 1.87. The van der Waals surface area contributed by atoms with Crippen LogP contribution in [0.15, 0.2) is 24.3 Å². The van der Waals surface area contributed by atoms with Crippen molar-refractivity contribution in [1.82, 2.24) is 0 Å². The van der Waals surface area contributed by atoms with Crippen LogP contribution in [0, 0.1) is 11.7 Å². The Morgan fingerprint density at radius 1 is 1.25 bits per heavy atom. The third kappa shape index (κ3) is 3.20. The van der Waals surface area contributed by atoms with Crippen molar-refractivity contribution in [3.63, 3.8) is 0 Å². The zero-order valence-electron chi connectivity index (χ0n) is 9.53. The summed E-state index contributed by atoms with van der Waals surface area (Å²) in [4.78, 5) is 2.32. The predicted octanol–water partition coefficient (Wildman–Crippen LogP) is 2.39. The van der Waals surface area contributed by atoms with Gasteiger partial charge in [-0.05, 0) is 56.0 Å². The van der Waals surface area contributed by atoms with Gasteiger partial charge in [0.05, 0.1) is 0 Å². The fraction of sp³-hybridized carbons (Fsp3) is 0.538. The average Bonchev–Trinajstić information content (AvgIpc) is 3.09. The first kappa shape index (κ1) is 11.4. The zero-order chi connectivity index (χ0) is 11.4. The number of anilines is 1. The molecular weight excluding hydrogens is 203 g/mol. The van der Waals surface area contributed by atoms with Gasteiger partial charge in [-0.1, -0.05) is 0 Å². The Labute approximate surface area is 96.2 Å². The molecule has 1 aromatic rings. The van der Waals surface area contributed by atoms with Crippen LogP contribution in [0.25, 0.3) is 0 Å². The SMILES string of the molecule is NCCCN(CC1CC1)c1ccc(F)cc1. The third-order valence-corrected chi connectivity index (χ3v) is 3.00. The van der Waals surface area contributed by atoms with Gasteiger partial charge in [0.15, 0.2) is 0 Å². The highest BCUT2D eigenvalue weighted by molar-refractivity contribution is 5.46. The Hall–Kier alpha value is -1.09. The summed E-state index contributed by atoms with van der Waals surface area (Å²) in [5.41, 5.74) is 6.65. The maximum atomic E-state index is 12.8. The van der Waals surface area contributed by atoms with Crippen molar-refractivity contribution in [3.8, 4) is 0 Å². The molecule has 0 spiro atoms. The first-order valence-electron chi connectivity index (χ1n) is 6.00. The molecule has 0 aliphatic heterocycles. The van der Waals surface area contributed by atoms with E-state index in [4.69, 9.17) is 5.73 Å². The van der Waals surface area contributed by atoms with E-state index >= 15 is 0 Å². The van der Waals surface area contributed by atoms with Crippen molar-refractivity contribution < 1.29 is 4.39 Å². The first-order chi connectivity index (χ1) is 7.79. The number of rotatable bonds is 6. The Morgan fingerprint density at radius 2 is 1.94 bits per heavy atom. The molecule has 3 heteroatoms. The predicted molar refractivity (Wildman–Crippen MR) is 65.0 cm³/mol. The molecule has 0 saturated heterocycles. The van der Waals surface area contributed by atoms with Crippen molar-refractivity contribution in [2.24, 2.45) is 11.7 Å². The lowest BCUT2D eigenvalue weighted by atomic mass is 10.2. The van der Waals surface area contributed by atoms with Crippen LogP contribution in [-0.4, -0.2) is 19.6 Å². The van der Waals surface area contributed by atoms with Gasteiger partial charge >= 0.3 is 0 Å². The van der Waals surface area contributed by atoms with Crippen LogP contribution in [0.2, 0.25) is 0 Å². The Morgan fingerprint density at radius 3 is 2.50 bits per heavy atom. The van der Waals surface area contributed by atoms with E-state index in [1.54, 1.807) is 0 Å². The lowest BCUT2D eigenvalue weighted by Gasteiger charge is -2.24. The van der Waals surface area contributed by atoms with Gasteiger partial charge in [-0.25, -0.2) is 4.39 Å². The molecule has 1 aliphatic rings. The molecule has 0 atom stereocenters. The molecule has 0 amide bonds. The number of hydrogen-bond acceptors (Lipinski definition) is 2. The van der Waals surface area contributed by atoms with Crippen LogP contribution in [0.4, 0.5) is 10.1 Å². The normalized spacial score (nSPS) is 15.1. The molecule has 2 nitrogen and oxygen atoms in total. The van der Waals surface area contributed by atoms with E-state index in [9.17, 15) is 4.39 Å². The summed E-state index contributed by atoms with van der Waals surface area (Å²) in [7, 11) is 0. The number of benzene rings is 1. The third-order valence-electron chi connectivity index (χ3n) is 3.00. The van der Waals surface area contributed by atoms with Gasteiger partial charge in [-0.3, -0.25) is 0 Å². The molecule has 1 aromatic carbocycles. The number of nitrogens with two attached hydrogens (primary N) is 1. The van der Waals surface area contributed by atoms with Gasteiger partial charge in [0.2, 0.25) is 0 Å². The highest BCUT2D eigenvalue weighted by Crippen LogP contribution is 2.31. The van der Waals surface area contributed by atoms with Crippen LogP contribution in [-0.2, 0) is 0 Å². The summed E-state index contributed by atoms with van der Waals surface area (Å²) >= 11 is 0. The minimum Gasteiger partial charge on any atom is -0.371 e. The lowest BCUT2D eigenvalue weighted by molar-refractivity contribution is 0.626. The van der Waals surface area contributed by atoms with Crippen molar-refractivity contribution in [3.05, 3.63) is 30.1 Å². The van der Waals surface area contributed by atoms with Crippen molar-refractivity contribution in [2.75, 3.05) is 24.5 Å². The standard InChI is InChI=1S/C13H19FN2/c14-12-4-6-13(7-5-12)16(9-1-8-15)10-11-2-3-11/h4-7,11H,1-3,8-10,15H2. The molecule has 0 radical (unpaired) electrons. The first-order valence-corrected chi connectivity index (χ1v) is 6.00. The molecule has 2 rings (SSSR count). The number of nitrogens with zero attached hydrogens (tertiary/aromatic N) is 1. The van der Waals surface area contributed by atoms with Gasteiger partial charge < -0.3 is 10.6 Å². The van der Waals surface area contributed by atoms with E-state index in [0.29, 0.717) is 6.54 Å². The molecule has 2 N–H and O–H groups in total. The van der Waals surface area contributed by atoms with Crippen molar-refractivity contribution in [1.29, 1.82) is 0 Å². The molecule has 1 fully saturated rings. The monoisotopic (exact) mass is 222 g/mol. The van der Waals surface area contributed by atoms with E-state index in [0.717, 1.165) is 31.1 Å². The van der Waals surface area contributed by atoms with Crippen LogP contribution >= 0.6 is 0 Å². The molecule has 0 bridgehead atoms. The summed E-state index contributed by atoms with van der Waals surface area (Å²) in [5.74, 6) is 0.664. The maximum Gasteiger partial charge on any atom is 0.123 e. The van der Waals surface area contributed by atoms with Crippen molar-refractivity contribution >= 4 is 5.69 Å². The van der Waals surface area contributed by atoms with E-state index in [2.05, 4.69) is 4.90 Å². The molecule has 0 aromatic heterocycles. The van der Waals surface area contributed by atoms with E-state index in [-0.39, 0.29) is 5.82 Å². The summed E-state index contributed by atoms with van der Waals surface area (Å²) in [6, 6.07) is 6.76. The Kier molecular flexibility index (Phi) is 3.78. The zero-order valence-corrected chi connectivity index (χ0v) is 9.53. The minimum absolute atomic E-state index is 0.172. The van der Waals surface area contributed by atoms with Gasteiger partial charge in [-0.15, -0.1) is 0 Å². The highest BCUT2D eigenvalue weighted by Gasteiger charge is 2.24. The fourth-order valence-electron chi connectivity index (χ4n) is 1.87. The van der Waals surface area contributed by atoms with E-state index in [1.165, 1.54) is 25.0 Å². The quantitative estimate of drug-likeness (QED) is 0.800. The van der Waals surface area contributed by atoms with Crippen LogP contribution < -0.4 is 10.6 Å². The topological polar surface area (TPSA) is 29.3 Å². The van der Waals surface area contributed by atoms with Gasteiger partial charge in [0.25, 0.3) is 0 Å². The molecular formula is C13H19FN2. The number of halogens is 1. The average molecular weight is 222 g/mol. The minimum atomic E-state index is -0.172. The van der Waals surface area contributed by atoms with Gasteiger partial charge in [0.1, 0.15) is 5.82 Å². The Bertz CT molecular complexity index is 319. The highest BCUT2D eigenvalue weighted by atomic mass is 19.1. The smallest absolute Gasteiger partial charge is 0.123 e. The van der Waals surface area contributed by atoms with Crippen molar-refractivity contribution in [2.45, 2.75) is 19.3 Å². The maximum absolute atomic E-state index is 12.8. The second-order valence-electron chi connectivity index (χ2n) is 4.51.